The van der Waals surface area contributed by atoms with Crippen molar-refractivity contribution in [2.45, 2.75) is 65.0 Å². The molecule has 1 aliphatic carbocycles. The van der Waals surface area contributed by atoms with Crippen molar-refractivity contribution in [3.63, 3.8) is 0 Å². The second-order valence-corrected chi connectivity index (χ2v) is 7.15. The summed E-state index contributed by atoms with van der Waals surface area (Å²) in [5.41, 5.74) is 0.0280. The summed E-state index contributed by atoms with van der Waals surface area (Å²) >= 11 is 0. The van der Waals surface area contributed by atoms with E-state index >= 15 is 0 Å². The van der Waals surface area contributed by atoms with Crippen LogP contribution in [0, 0.1) is 11.3 Å². The van der Waals surface area contributed by atoms with E-state index in [4.69, 9.17) is 5.11 Å². The Labute approximate surface area is 126 Å². The molecule has 0 bridgehead atoms. The Balaban J connectivity index is 2.35. The van der Waals surface area contributed by atoms with Gasteiger partial charge in [-0.2, -0.15) is 0 Å². The number of aliphatic hydroxyl groups is 1. The number of carboxylic acid groups (broad SMARTS) is 1. The van der Waals surface area contributed by atoms with Gasteiger partial charge in [-0.05, 0) is 37.5 Å². The minimum absolute atomic E-state index is 0.0228. The van der Waals surface area contributed by atoms with Crippen LogP contribution >= 0.6 is 0 Å². The lowest BCUT2D eigenvalue weighted by Gasteiger charge is -2.29. The number of carbonyl (C=O) groups excluding carboxylic acids is 1. The van der Waals surface area contributed by atoms with Crippen molar-refractivity contribution in [3.05, 3.63) is 0 Å². The molecule has 1 fully saturated rings. The van der Waals surface area contributed by atoms with Crippen LogP contribution in [0.25, 0.3) is 0 Å². The van der Waals surface area contributed by atoms with Crippen LogP contribution in [0.4, 0.5) is 4.79 Å². The highest BCUT2D eigenvalue weighted by Crippen LogP contribution is 2.24. The standard InChI is InChI=1S/C15H28N2O4/c1-15(2,3)8-12(9-18)17-14(21)16-11-6-4-10(5-7-11)13(19)20/h10-12,18H,4-9H2,1-3H3,(H,19,20)(H2,16,17,21). The fraction of sp³-hybridized carbons (Fsp3) is 0.867. The zero-order valence-electron chi connectivity index (χ0n) is 13.2. The van der Waals surface area contributed by atoms with Crippen LogP contribution in [0.2, 0.25) is 0 Å². The number of carboxylic acids is 1. The first-order valence-corrected chi connectivity index (χ1v) is 7.62. The summed E-state index contributed by atoms with van der Waals surface area (Å²) in [4.78, 5) is 22.8. The van der Waals surface area contributed by atoms with Gasteiger partial charge in [0, 0.05) is 6.04 Å². The van der Waals surface area contributed by atoms with E-state index in [0.717, 1.165) is 0 Å². The number of aliphatic hydroxyl groups excluding tert-OH is 1. The maximum absolute atomic E-state index is 11.9. The van der Waals surface area contributed by atoms with E-state index in [1.165, 1.54) is 0 Å². The fourth-order valence-electron chi connectivity index (χ4n) is 2.80. The number of nitrogens with one attached hydrogen (secondary N) is 2. The van der Waals surface area contributed by atoms with Gasteiger partial charge in [-0.15, -0.1) is 0 Å². The smallest absolute Gasteiger partial charge is 0.315 e. The van der Waals surface area contributed by atoms with Gasteiger partial charge >= 0.3 is 12.0 Å². The Morgan fingerprint density at radius 3 is 2.19 bits per heavy atom. The van der Waals surface area contributed by atoms with E-state index in [9.17, 15) is 14.7 Å². The first kappa shape index (κ1) is 17.8. The SMILES string of the molecule is CC(C)(C)CC(CO)NC(=O)NC1CCC(C(=O)O)CC1. The fourth-order valence-corrected chi connectivity index (χ4v) is 2.80. The summed E-state index contributed by atoms with van der Waals surface area (Å²) in [5.74, 6) is -1.03. The molecule has 1 unspecified atom stereocenters. The Morgan fingerprint density at radius 1 is 1.19 bits per heavy atom. The van der Waals surface area contributed by atoms with Crippen LogP contribution in [-0.2, 0) is 4.79 Å². The lowest BCUT2D eigenvalue weighted by Crippen LogP contribution is -2.49. The summed E-state index contributed by atoms with van der Waals surface area (Å²) in [6.45, 7) is 6.09. The zero-order valence-corrected chi connectivity index (χ0v) is 13.2. The van der Waals surface area contributed by atoms with Crippen molar-refractivity contribution < 1.29 is 19.8 Å². The van der Waals surface area contributed by atoms with Gasteiger partial charge in [0.25, 0.3) is 0 Å². The molecule has 0 spiro atoms. The van der Waals surface area contributed by atoms with Gasteiger partial charge in [-0.1, -0.05) is 20.8 Å². The lowest BCUT2D eigenvalue weighted by molar-refractivity contribution is -0.142. The Hall–Kier alpha value is -1.30. The second kappa shape index (κ2) is 7.64. The first-order valence-electron chi connectivity index (χ1n) is 7.62. The van der Waals surface area contributed by atoms with Crippen LogP contribution < -0.4 is 10.6 Å². The quantitative estimate of drug-likeness (QED) is 0.621. The number of hydrogen-bond donors (Lipinski definition) is 4. The highest BCUT2D eigenvalue weighted by atomic mass is 16.4. The molecule has 0 aromatic carbocycles. The summed E-state index contributed by atoms with van der Waals surface area (Å²) in [7, 11) is 0. The Morgan fingerprint density at radius 2 is 1.76 bits per heavy atom. The predicted octanol–water partition coefficient (Wildman–Crippen LogP) is 1.73. The van der Waals surface area contributed by atoms with Gasteiger partial charge in [0.2, 0.25) is 0 Å². The van der Waals surface area contributed by atoms with Crippen molar-refractivity contribution >= 4 is 12.0 Å². The van der Waals surface area contributed by atoms with E-state index < -0.39 is 5.97 Å². The molecule has 1 saturated carbocycles. The molecule has 122 valence electrons. The predicted molar refractivity (Wildman–Crippen MR) is 80.0 cm³/mol. The summed E-state index contributed by atoms with van der Waals surface area (Å²) in [5, 5.41) is 23.9. The Kier molecular flexibility index (Phi) is 6.45. The molecule has 21 heavy (non-hydrogen) atoms. The van der Waals surface area contributed by atoms with Gasteiger partial charge in [0.15, 0.2) is 0 Å². The highest BCUT2D eigenvalue weighted by molar-refractivity contribution is 5.74. The molecule has 0 aromatic rings. The van der Waals surface area contributed by atoms with Gasteiger partial charge in [-0.3, -0.25) is 4.79 Å². The molecule has 0 aliphatic heterocycles. The lowest BCUT2D eigenvalue weighted by atomic mass is 9.86. The molecule has 0 heterocycles. The topological polar surface area (TPSA) is 98.7 Å². The molecule has 0 aromatic heterocycles. The molecule has 0 saturated heterocycles. The third kappa shape index (κ3) is 6.80. The average molecular weight is 300 g/mol. The Bertz CT molecular complexity index is 357. The second-order valence-electron chi connectivity index (χ2n) is 7.15. The van der Waals surface area contributed by atoms with Gasteiger partial charge in [-0.25, -0.2) is 4.79 Å². The van der Waals surface area contributed by atoms with E-state index in [1.807, 2.05) is 0 Å². The van der Waals surface area contributed by atoms with E-state index in [0.29, 0.717) is 32.1 Å². The van der Waals surface area contributed by atoms with Crippen LogP contribution in [0.5, 0.6) is 0 Å². The van der Waals surface area contributed by atoms with Crippen molar-refractivity contribution in [1.29, 1.82) is 0 Å². The van der Waals surface area contributed by atoms with Crippen molar-refractivity contribution in [2.24, 2.45) is 11.3 Å². The molecular weight excluding hydrogens is 272 g/mol. The molecule has 6 heteroatoms. The van der Waals surface area contributed by atoms with E-state index in [-0.39, 0.29) is 36.1 Å². The van der Waals surface area contributed by atoms with Crippen molar-refractivity contribution in [2.75, 3.05) is 6.61 Å². The number of rotatable bonds is 5. The molecule has 1 aliphatic rings. The van der Waals surface area contributed by atoms with Crippen molar-refractivity contribution in [3.8, 4) is 0 Å². The number of aliphatic carboxylic acids is 1. The van der Waals surface area contributed by atoms with Gasteiger partial charge in [0.05, 0.1) is 18.6 Å². The number of amides is 2. The third-order valence-corrected chi connectivity index (χ3v) is 3.83. The average Bonchev–Trinajstić information content (AvgIpc) is 2.36. The molecule has 0 radical (unpaired) electrons. The highest BCUT2D eigenvalue weighted by Gasteiger charge is 2.27. The molecule has 1 atom stereocenters. The van der Waals surface area contributed by atoms with Crippen LogP contribution in [0.15, 0.2) is 0 Å². The van der Waals surface area contributed by atoms with Crippen LogP contribution in [0.1, 0.15) is 52.9 Å². The summed E-state index contributed by atoms with van der Waals surface area (Å²) in [6.07, 6.45) is 3.28. The van der Waals surface area contributed by atoms with Crippen molar-refractivity contribution in [1.82, 2.24) is 10.6 Å². The molecule has 4 N–H and O–H groups in total. The minimum atomic E-state index is -0.747. The molecular formula is C15H28N2O4. The van der Waals surface area contributed by atoms with Gasteiger partial charge in [0.1, 0.15) is 0 Å². The molecule has 1 rings (SSSR count). The normalized spacial score (nSPS) is 24.2. The number of hydrogen-bond acceptors (Lipinski definition) is 3. The van der Waals surface area contributed by atoms with Gasteiger partial charge < -0.3 is 20.8 Å². The molecule has 2 amide bonds. The number of carbonyl (C=O) groups is 2. The maximum atomic E-state index is 11.9. The minimum Gasteiger partial charge on any atom is -0.481 e. The third-order valence-electron chi connectivity index (χ3n) is 3.83. The van der Waals surface area contributed by atoms with E-state index in [1.54, 1.807) is 0 Å². The van der Waals surface area contributed by atoms with Crippen LogP contribution in [-0.4, -0.2) is 40.9 Å². The summed E-state index contributed by atoms with van der Waals surface area (Å²) in [6, 6.07) is -0.521. The molecule has 6 nitrogen and oxygen atoms in total. The van der Waals surface area contributed by atoms with Crippen LogP contribution in [0.3, 0.4) is 0 Å². The van der Waals surface area contributed by atoms with E-state index in [2.05, 4.69) is 31.4 Å². The first-order chi connectivity index (χ1) is 9.71. The maximum Gasteiger partial charge on any atom is 0.315 e. The zero-order chi connectivity index (χ0) is 16.0. The summed E-state index contributed by atoms with van der Waals surface area (Å²) < 4.78 is 0. The number of urea groups is 1. The monoisotopic (exact) mass is 300 g/mol. The largest absolute Gasteiger partial charge is 0.481 e.